The fourth-order valence-electron chi connectivity index (χ4n) is 1.46. The third-order valence-corrected chi connectivity index (χ3v) is 2.74. The molecule has 0 fully saturated rings. The Morgan fingerprint density at radius 3 is 2.93 bits per heavy atom. The van der Waals surface area contributed by atoms with Crippen molar-refractivity contribution in [2.45, 2.75) is 6.42 Å². The molecule has 1 unspecified atom stereocenters. The zero-order valence-corrected chi connectivity index (χ0v) is 9.15. The van der Waals surface area contributed by atoms with Crippen LogP contribution < -0.4 is 4.74 Å². The molecule has 0 aliphatic carbocycles. The number of hydrogen-bond acceptors (Lipinski definition) is 3. The first-order valence-electron chi connectivity index (χ1n) is 4.31. The molecular formula is C10H7BrO4. The van der Waals surface area contributed by atoms with Crippen molar-refractivity contribution in [3.63, 3.8) is 0 Å². The van der Waals surface area contributed by atoms with Gasteiger partial charge in [-0.1, -0.05) is 22.0 Å². The summed E-state index contributed by atoms with van der Waals surface area (Å²) in [6.45, 7) is 0. The maximum absolute atomic E-state index is 11.3. The average molecular weight is 271 g/mol. The number of carboxylic acid groups (broad SMARTS) is 1. The molecular weight excluding hydrogens is 264 g/mol. The lowest BCUT2D eigenvalue weighted by atomic mass is 9.96. The summed E-state index contributed by atoms with van der Waals surface area (Å²) >= 11 is 3.25. The van der Waals surface area contributed by atoms with Crippen molar-refractivity contribution in [1.82, 2.24) is 0 Å². The molecule has 5 heteroatoms. The minimum absolute atomic E-state index is 0.191. The molecule has 4 nitrogen and oxygen atoms in total. The molecule has 1 N–H and O–H groups in total. The van der Waals surface area contributed by atoms with Gasteiger partial charge in [-0.15, -0.1) is 0 Å². The van der Waals surface area contributed by atoms with Gasteiger partial charge in [0, 0.05) is 10.9 Å². The molecule has 0 saturated carbocycles. The summed E-state index contributed by atoms with van der Waals surface area (Å²) in [6.07, 6.45) is 0.191. The number of fused-ring (bicyclic) bond motifs is 1. The van der Waals surface area contributed by atoms with Gasteiger partial charge in [-0.2, -0.15) is 0 Å². The fourth-order valence-corrected chi connectivity index (χ4v) is 1.80. The highest BCUT2D eigenvalue weighted by molar-refractivity contribution is 9.10. The molecule has 0 aromatic heterocycles. The predicted octanol–water partition coefficient (Wildman–Crippen LogP) is 1.61. The minimum Gasteiger partial charge on any atom is -0.481 e. The third-order valence-electron chi connectivity index (χ3n) is 2.25. The summed E-state index contributed by atoms with van der Waals surface area (Å²) in [5.41, 5.74) is 0.741. The Morgan fingerprint density at radius 1 is 1.53 bits per heavy atom. The SMILES string of the molecule is O=C(O)C1Cc2ccc(Br)cc2OC1=O. The Balaban J connectivity index is 2.38. The highest BCUT2D eigenvalue weighted by atomic mass is 79.9. The number of carbonyl (C=O) groups excluding carboxylic acids is 1. The van der Waals surface area contributed by atoms with E-state index in [-0.39, 0.29) is 6.42 Å². The molecule has 1 atom stereocenters. The van der Waals surface area contributed by atoms with Crippen molar-refractivity contribution in [2.75, 3.05) is 0 Å². The normalized spacial score (nSPS) is 19.3. The van der Waals surface area contributed by atoms with Crippen LogP contribution in [-0.2, 0) is 16.0 Å². The van der Waals surface area contributed by atoms with Gasteiger partial charge in [-0.05, 0) is 17.7 Å². The molecule has 2 rings (SSSR count). The largest absolute Gasteiger partial charge is 0.481 e. The zero-order chi connectivity index (χ0) is 11.0. The number of esters is 1. The van der Waals surface area contributed by atoms with E-state index in [0.717, 1.165) is 10.0 Å². The van der Waals surface area contributed by atoms with Crippen LogP contribution in [-0.4, -0.2) is 17.0 Å². The number of rotatable bonds is 1. The van der Waals surface area contributed by atoms with Crippen molar-refractivity contribution in [3.8, 4) is 5.75 Å². The molecule has 1 aromatic carbocycles. The number of benzene rings is 1. The van der Waals surface area contributed by atoms with Gasteiger partial charge >= 0.3 is 11.9 Å². The van der Waals surface area contributed by atoms with Crippen LogP contribution in [0.3, 0.4) is 0 Å². The topological polar surface area (TPSA) is 63.6 Å². The summed E-state index contributed by atoms with van der Waals surface area (Å²) in [4.78, 5) is 22.0. The number of aliphatic carboxylic acids is 1. The van der Waals surface area contributed by atoms with Gasteiger partial charge in [0.2, 0.25) is 0 Å². The fraction of sp³-hybridized carbons (Fsp3) is 0.200. The average Bonchev–Trinajstić information content (AvgIpc) is 2.15. The second-order valence-corrected chi connectivity index (χ2v) is 4.18. The summed E-state index contributed by atoms with van der Waals surface area (Å²) in [7, 11) is 0. The Hall–Kier alpha value is -1.36. The molecule has 78 valence electrons. The second-order valence-electron chi connectivity index (χ2n) is 3.27. The van der Waals surface area contributed by atoms with Crippen LogP contribution in [0, 0.1) is 5.92 Å². The van der Waals surface area contributed by atoms with Crippen molar-refractivity contribution >= 4 is 27.9 Å². The van der Waals surface area contributed by atoms with Crippen LogP contribution in [0.4, 0.5) is 0 Å². The van der Waals surface area contributed by atoms with Crippen molar-refractivity contribution in [2.24, 2.45) is 5.92 Å². The Morgan fingerprint density at radius 2 is 2.27 bits per heavy atom. The number of ether oxygens (including phenoxy) is 1. The molecule has 1 aliphatic rings. The van der Waals surface area contributed by atoms with E-state index >= 15 is 0 Å². The first-order chi connectivity index (χ1) is 7.08. The maximum atomic E-state index is 11.3. The lowest BCUT2D eigenvalue weighted by Crippen LogP contribution is -2.33. The highest BCUT2D eigenvalue weighted by Crippen LogP contribution is 2.30. The molecule has 0 saturated heterocycles. The van der Waals surface area contributed by atoms with Crippen LogP contribution in [0.1, 0.15) is 5.56 Å². The molecule has 0 spiro atoms. The Bertz CT molecular complexity index is 441. The number of halogens is 1. The maximum Gasteiger partial charge on any atom is 0.326 e. The molecule has 1 aliphatic heterocycles. The van der Waals surface area contributed by atoms with Gasteiger partial charge in [0.15, 0.2) is 5.92 Å². The summed E-state index contributed by atoms with van der Waals surface area (Å²) in [6, 6.07) is 5.20. The Labute approximate surface area is 94.0 Å². The molecule has 0 bridgehead atoms. The van der Waals surface area contributed by atoms with Crippen molar-refractivity contribution in [3.05, 3.63) is 28.2 Å². The summed E-state index contributed by atoms with van der Waals surface area (Å²) in [5.74, 6) is -2.49. The first-order valence-corrected chi connectivity index (χ1v) is 5.10. The van der Waals surface area contributed by atoms with E-state index in [9.17, 15) is 9.59 Å². The van der Waals surface area contributed by atoms with Crippen LogP contribution in [0.2, 0.25) is 0 Å². The van der Waals surface area contributed by atoms with Crippen LogP contribution >= 0.6 is 15.9 Å². The van der Waals surface area contributed by atoms with E-state index in [4.69, 9.17) is 9.84 Å². The quantitative estimate of drug-likeness (QED) is 0.479. The second kappa shape index (κ2) is 3.66. The molecule has 15 heavy (non-hydrogen) atoms. The predicted molar refractivity (Wildman–Crippen MR) is 54.6 cm³/mol. The van der Waals surface area contributed by atoms with Gasteiger partial charge in [0.05, 0.1) is 0 Å². The lowest BCUT2D eigenvalue weighted by molar-refractivity contribution is -0.153. The monoisotopic (exact) mass is 270 g/mol. The molecule has 1 aromatic rings. The van der Waals surface area contributed by atoms with Gasteiger partial charge in [0.1, 0.15) is 5.75 Å². The Kier molecular flexibility index (Phi) is 2.48. The van der Waals surface area contributed by atoms with E-state index in [1.807, 2.05) is 0 Å². The van der Waals surface area contributed by atoms with Crippen LogP contribution in [0.15, 0.2) is 22.7 Å². The summed E-state index contributed by atoms with van der Waals surface area (Å²) in [5, 5.41) is 8.78. The van der Waals surface area contributed by atoms with E-state index < -0.39 is 17.9 Å². The van der Waals surface area contributed by atoms with Gasteiger partial charge in [-0.3, -0.25) is 9.59 Å². The molecule has 1 heterocycles. The number of carbonyl (C=O) groups is 2. The van der Waals surface area contributed by atoms with Gasteiger partial charge in [0.25, 0.3) is 0 Å². The zero-order valence-electron chi connectivity index (χ0n) is 7.57. The molecule has 0 radical (unpaired) electrons. The molecule has 0 amide bonds. The van der Waals surface area contributed by atoms with E-state index in [2.05, 4.69) is 15.9 Å². The number of carboxylic acids is 1. The highest BCUT2D eigenvalue weighted by Gasteiger charge is 2.33. The standard InChI is InChI=1S/C10H7BrO4/c11-6-2-1-5-3-7(9(12)13)10(14)15-8(5)4-6/h1-2,4,7H,3H2,(H,12,13). The van der Waals surface area contributed by atoms with Crippen molar-refractivity contribution in [1.29, 1.82) is 0 Å². The van der Waals surface area contributed by atoms with E-state index in [1.165, 1.54) is 0 Å². The smallest absolute Gasteiger partial charge is 0.326 e. The first kappa shape index (κ1) is 10.2. The third kappa shape index (κ3) is 1.87. The van der Waals surface area contributed by atoms with E-state index in [1.54, 1.807) is 18.2 Å². The van der Waals surface area contributed by atoms with Gasteiger partial charge in [-0.25, -0.2) is 0 Å². The van der Waals surface area contributed by atoms with Gasteiger partial charge < -0.3 is 9.84 Å². The number of hydrogen-bond donors (Lipinski definition) is 1. The van der Waals surface area contributed by atoms with Crippen LogP contribution in [0.25, 0.3) is 0 Å². The minimum atomic E-state index is -1.14. The van der Waals surface area contributed by atoms with E-state index in [0.29, 0.717) is 5.75 Å². The summed E-state index contributed by atoms with van der Waals surface area (Å²) < 4.78 is 5.73. The lowest BCUT2D eigenvalue weighted by Gasteiger charge is -2.20. The van der Waals surface area contributed by atoms with Crippen LogP contribution in [0.5, 0.6) is 5.75 Å². The van der Waals surface area contributed by atoms with Crippen molar-refractivity contribution < 1.29 is 19.4 Å².